The molecule has 9 nitrogen and oxygen atoms in total. The Kier molecular flexibility index (Phi) is 9.02. The van der Waals surface area contributed by atoms with E-state index in [0.717, 1.165) is 22.0 Å². The Morgan fingerprint density at radius 1 is 0.814 bits per heavy atom. The molecule has 0 radical (unpaired) electrons. The van der Waals surface area contributed by atoms with Crippen LogP contribution in [0.2, 0.25) is 0 Å². The molecule has 0 aliphatic heterocycles. The lowest BCUT2D eigenvalue weighted by molar-refractivity contribution is 0.0728. The zero-order valence-corrected chi connectivity index (χ0v) is 24.0. The second-order valence-electron chi connectivity index (χ2n) is 9.31. The highest BCUT2D eigenvalue weighted by Crippen LogP contribution is 2.33. The SMILES string of the molecule is CCOc1ccc(C(=O)Oc2ccc(C=NNC(=O)c3[nH]c4ccccc4c3-c3ccccc3)cc2OC)cc1OCC. The van der Waals surface area contributed by atoms with Gasteiger partial charge in [-0.1, -0.05) is 48.5 Å². The topological polar surface area (TPSA) is 111 Å². The number of hydrogen-bond donors (Lipinski definition) is 2. The number of H-pyrrole nitrogens is 1. The smallest absolute Gasteiger partial charge is 0.343 e. The third-order valence-electron chi connectivity index (χ3n) is 6.54. The summed E-state index contributed by atoms with van der Waals surface area (Å²) >= 11 is 0. The lowest BCUT2D eigenvalue weighted by atomic mass is 10.0. The van der Waals surface area contributed by atoms with E-state index in [-0.39, 0.29) is 11.7 Å². The molecule has 9 heteroatoms. The first kappa shape index (κ1) is 28.9. The van der Waals surface area contributed by atoms with Gasteiger partial charge in [-0.3, -0.25) is 4.79 Å². The summed E-state index contributed by atoms with van der Waals surface area (Å²) in [6, 6.07) is 27.3. The van der Waals surface area contributed by atoms with E-state index in [9.17, 15) is 9.59 Å². The molecule has 1 amide bonds. The highest BCUT2D eigenvalue weighted by atomic mass is 16.6. The number of carbonyl (C=O) groups excluding carboxylic acids is 2. The van der Waals surface area contributed by atoms with Crippen molar-refractivity contribution in [3.05, 3.63) is 108 Å². The molecule has 0 fully saturated rings. The maximum absolute atomic E-state index is 13.2. The van der Waals surface area contributed by atoms with E-state index in [2.05, 4.69) is 15.5 Å². The van der Waals surface area contributed by atoms with Gasteiger partial charge in [-0.15, -0.1) is 0 Å². The highest BCUT2D eigenvalue weighted by molar-refractivity contribution is 6.09. The average Bonchev–Trinajstić information content (AvgIpc) is 3.43. The molecule has 4 aromatic carbocycles. The molecular formula is C34H31N3O6. The van der Waals surface area contributed by atoms with E-state index in [1.54, 1.807) is 36.4 Å². The molecule has 43 heavy (non-hydrogen) atoms. The zero-order valence-electron chi connectivity index (χ0n) is 24.0. The van der Waals surface area contributed by atoms with Crippen LogP contribution in [0.15, 0.2) is 96.1 Å². The number of ether oxygens (including phenoxy) is 4. The van der Waals surface area contributed by atoms with E-state index in [1.165, 1.54) is 13.3 Å². The summed E-state index contributed by atoms with van der Waals surface area (Å²) in [6.45, 7) is 4.62. The van der Waals surface area contributed by atoms with E-state index in [0.29, 0.717) is 47.3 Å². The van der Waals surface area contributed by atoms with Gasteiger partial charge in [-0.05, 0) is 67.4 Å². The van der Waals surface area contributed by atoms with Crippen molar-refractivity contribution in [2.45, 2.75) is 13.8 Å². The fourth-order valence-corrected chi connectivity index (χ4v) is 4.62. The number of hydrogen-bond acceptors (Lipinski definition) is 7. The van der Waals surface area contributed by atoms with Crippen molar-refractivity contribution in [3.63, 3.8) is 0 Å². The van der Waals surface area contributed by atoms with Crippen LogP contribution in [0.3, 0.4) is 0 Å². The van der Waals surface area contributed by atoms with Crippen molar-refractivity contribution in [1.29, 1.82) is 0 Å². The third kappa shape index (κ3) is 6.51. The van der Waals surface area contributed by atoms with Crippen LogP contribution in [0.25, 0.3) is 22.0 Å². The standard InChI is InChI=1S/C34H31N3O6/c1-4-41-27-18-16-24(20-30(27)42-5-2)34(39)43-28-17-15-22(19-29(28)40-3)21-35-37-33(38)32-31(23-11-7-6-8-12-23)25-13-9-10-14-26(25)36-32/h6-21,36H,4-5H2,1-3H3,(H,37,38). The van der Waals surface area contributed by atoms with Gasteiger partial charge in [0.2, 0.25) is 0 Å². The van der Waals surface area contributed by atoms with Gasteiger partial charge in [0, 0.05) is 16.5 Å². The largest absolute Gasteiger partial charge is 0.493 e. The fraction of sp³-hybridized carbons (Fsp3) is 0.147. The number of nitrogens with one attached hydrogen (secondary N) is 2. The Hall–Kier alpha value is -5.57. The molecule has 1 heterocycles. The van der Waals surface area contributed by atoms with Gasteiger partial charge < -0.3 is 23.9 Å². The van der Waals surface area contributed by atoms with Gasteiger partial charge >= 0.3 is 5.97 Å². The van der Waals surface area contributed by atoms with E-state index < -0.39 is 5.97 Å². The highest BCUT2D eigenvalue weighted by Gasteiger charge is 2.19. The predicted molar refractivity (Wildman–Crippen MR) is 166 cm³/mol. The number of aromatic amines is 1. The van der Waals surface area contributed by atoms with Gasteiger partial charge in [0.05, 0.1) is 32.1 Å². The lowest BCUT2D eigenvalue weighted by Crippen LogP contribution is -2.18. The first-order valence-electron chi connectivity index (χ1n) is 13.8. The van der Waals surface area contributed by atoms with Gasteiger partial charge in [0.25, 0.3) is 5.91 Å². The maximum Gasteiger partial charge on any atom is 0.343 e. The zero-order chi connectivity index (χ0) is 30.2. The van der Waals surface area contributed by atoms with Crippen LogP contribution in [-0.4, -0.2) is 43.4 Å². The van der Waals surface area contributed by atoms with Crippen LogP contribution in [0.1, 0.15) is 40.3 Å². The molecule has 0 unspecified atom stereocenters. The van der Waals surface area contributed by atoms with E-state index in [4.69, 9.17) is 18.9 Å². The van der Waals surface area contributed by atoms with Crippen molar-refractivity contribution in [1.82, 2.24) is 10.4 Å². The molecule has 0 aliphatic carbocycles. The second-order valence-corrected chi connectivity index (χ2v) is 9.31. The van der Waals surface area contributed by atoms with Crippen LogP contribution in [-0.2, 0) is 0 Å². The molecule has 5 rings (SSSR count). The number of methoxy groups -OCH3 is 1. The van der Waals surface area contributed by atoms with E-state index in [1.807, 2.05) is 68.4 Å². The number of esters is 1. The Balaban J connectivity index is 1.31. The number of amides is 1. The number of carbonyl (C=O) groups is 2. The summed E-state index contributed by atoms with van der Waals surface area (Å²) in [4.78, 5) is 29.3. The molecule has 0 aliphatic rings. The number of hydrazone groups is 1. The first-order valence-corrected chi connectivity index (χ1v) is 13.8. The normalized spacial score (nSPS) is 11.0. The summed E-state index contributed by atoms with van der Waals surface area (Å²) in [5, 5.41) is 5.10. The van der Waals surface area contributed by atoms with Gasteiger partial charge in [-0.2, -0.15) is 5.10 Å². The minimum atomic E-state index is -0.580. The van der Waals surface area contributed by atoms with E-state index >= 15 is 0 Å². The summed E-state index contributed by atoms with van der Waals surface area (Å²) in [6.07, 6.45) is 1.48. The van der Waals surface area contributed by atoms with Crippen LogP contribution in [0.5, 0.6) is 23.0 Å². The van der Waals surface area contributed by atoms with Crippen molar-refractivity contribution in [2.24, 2.45) is 5.10 Å². The molecule has 0 saturated carbocycles. The number of fused-ring (bicyclic) bond motifs is 1. The van der Waals surface area contributed by atoms with Crippen molar-refractivity contribution < 1.29 is 28.5 Å². The quantitative estimate of drug-likeness (QED) is 0.0790. The summed E-state index contributed by atoms with van der Waals surface area (Å²) in [5.74, 6) is 0.597. The van der Waals surface area contributed by atoms with Gasteiger partial charge in [0.1, 0.15) is 5.69 Å². The molecule has 0 spiro atoms. The Morgan fingerprint density at radius 3 is 2.30 bits per heavy atom. The number of aromatic nitrogens is 1. The molecular weight excluding hydrogens is 546 g/mol. The fourth-order valence-electron chi connectivity index (χ4n) is 4.62. The average molecular weight is 578 g/mol. The second kappa shape index (κ2) is 13.4. The van der Waals surface area contributed by atoms with Gasteiger partial charge in [-0.25, -0.2) is 10.2 Å². The van der Waals surface area contributed by atoms with Crippen LogP contribution in [0, 0.1) is 0 Å². The Bertz CT molecular complexity index is 1780. The summed E-state index contributed by atoms with van der Waals surface area (Å²) in [7, 11) is 1.47. The third-order valence-corrected chi connectivity index (χ3v) is 6.54. The monoisotopic (exact) mass is 577 g/mol. The molecule has 2 N–H and O–H groups in total. The van der Waals surface area contributed by atoms with Crippen molar-refractivity contribution >= 4 is 29.0 Å². The molecule has 0 bridgehead atoms. The Morgan fingerprint density at radius 2 is 1.53 bits per heavy atom. The van der Waals surface area contributed by atoms with Gasteiger partial charge in [0.15, 0.2) is 23.0 Å². The first-order chi connectivity index (χ1) is 21.0. The molecule has 0 atom stereocenters. The van der Waals surface area contributed by atoms with Crippen molar-refractivity contribution in [3.8, 4) is 34.1 Å². The number of nitrogens with zero attached hydrogens (tertiary/aromatic N) is 1. The van der Waals surface area contributed by atoms with Crippen LogP contribution < -0.4 is 24.4 Å². The van der Waals surface area contributed by atoms with Crippen LogP contribution >= 0.6 is 0 Å². The number of para-hydroxylation sites is 1. The summed E-state index contributed by atoms with van der Waals surface area (Å²) < 4.78 is 22.3. The minimum Gasteiger partial charge on any atom is -0.493 e. The summed E-state index contributed by atoms with van der Waals surface area (Å²) in [5.41, 5.74) is 6.51. The molecule has 1 aromatic heterocycles. The lowest BCUT2D eigenvalue weighted by Gasteiger charge is -2.13. The molecule has 218 valence electrons. The predicted octanol–water partition coefficient (Wildman–Crippen LogP) is 6.62. The van der Waals surface area contributed by atoms with Crippen molar-refractivity contribution in [2.75, 3.05) is 20.3 Å². The molecule has 0 saturated heterocycles. The Labute approximate surface area is 249 Å². The minimum absolute atomic E-state index is 0.228. The molecule has 5 aromatic rings. The van der Waals surface area contributed by atoms with Crippen LogP contribution in [0.4, 0.5) is 0 Å². The number of benzene rings is 4. The number of rotatable bonds is 11. The maximum atomic E-state index is 13.2.